The Morgan fingerprint density at radius 3 is 2.00 bits per heavy atom. The molecule has 1 heterocycles. The van der Waals surface area contributed by atoms with E-state index in [9.17, 15) is 22.2 Å². The number of piperazine rings is 1. The minimum Gasteiger partial charge on any atom is -0.444 e. The normalized spacial score (nSPS) is 18.1. The molecule has 5 nitrogen and oxygen atoms in total. The zero-order valence-corrected chi connectivity index (χ0v) is 15.1. The molecule has 1 aliphatic heterocycles. The smallest absolute Gasteiger partial charge is 0.416 e. The molecular weight excluding hydrogens is 357 g/mol. The maximum atomic E-state index is 12.6. The van der Waals surface area contributed by atoms with Gasteiger partial charge in [0.25, 0.3) is 0 Å². The van der Waals surface area contributed by atoms with Crippen molar-refractivity contribution in [1.29, 1.82) is 0 Å². The molecule has 1 fully saturated rings. The van der Waals surface area contributed by atoms with Gasteiger partial charge in [0.2, 0.25) is 0 Å². The molecule has 0 N–H and O–H groups in total. The van der Waals surface area contributed by atoms with E-state index < -0.39 is 34.4 Å². The molecule has 1 amide bonds. The first kappa shape index (κ1) is 19.7. The highest BCUT2D eigenvalue weighted by atomic mass is 32.2. The van der Waals surface area contributed by atoms with Gasteiger partial charge in [0.1, 0.15) is 16.6 Å². The summed E-state index contributed by atoms with van der Waals surface area (Å²) in [5, 5.41) is 0. The van der Waals surface area contributed by atoms with Crippen LogP contribution in [0.3, 0.4) is 0 Å². The van der Waals surface area contributed by atoms with Gasteiger partial charge < -0.3 is 9.64 Å². The van der Waals surface area contributed by atoms with E-state index >= 15 is 0 Å². The van der Waals surface area contributed by atoms with Gasteiger partial charge >= 0.3 is 12.3 Å². The Bertz CT molecular complexity index is 634. The molecule has 0 radical (unpaired) electrons. The lowest BCUT2D eigenvalue weighted by Crippen LogP contribution is -2.50. The topological polar surface area (TPSA) is 49.9 Å². The number of hydrogen-bond donors (Lipinski definition) is 0. The van der Waals surface area contributed by atoms with Crippen LogP contribution in [0.2, 0.25) is 0 Å². The highest BCUT2D eigenvalue weighted by Gasteiger charge is 2.31. The van der Waals surface area contributed by atoms with Gasteiger partial charge in [-0.05, 0) is 45.0 Å². The van der Waals surface area contributed by atoms with E-state index in [4.69, 9.17) is 4.74 Å². The first-order valence-corrected chi connectivity index (χ1v) is 8.90. The molecule has 1 atom stereocenters. The molecule has 25 heavy (non-hydrogen) atoms. The molecule has 1 aliphatic rings. The molecule has 1 unspecified atom stereocenters. The van der Waals surface area contributed by atoms with Crippen LogP contribution in [0.15, 0.2) is 29.2 Å². The average molecular weight is 378 g/mol. The number of hydrogen-bond acceptors (Lipinski definition) is 3. The Hall–Kier alpha value is -1.61. The second kappa shape index (κ2) is 7.33. The standard InChI is InChI=1S/C16H21F3N2O3S/c1-15(2,3)24-14(22)20-8-10-21(11-9-20)25(23)13-6-4-12(5-7-13)16(17,18)19/h4-7H,8-11H2,1-3H3. The lowest BCUT2D eigenvalue weighted by Gasteiger charge is -2.34. The number of ether oxygens (including phenoxy) is 1. The largest absolute Gasteiger partial charge is 0.444 e. The van der Waals surface area contributed by atoms with Crippen molar-refractivity contribution in [2.75, 3.05) is 26.2 Å². The number of benzene rings is 1. The van der Waals surface area contributed by atoms with Crippen LogP contribution in [0.5, 0.6) is 0 Å². The molecule has 0 aromatic heterocycles. The Labute approximate surface area is 147 Å². The van der Waals surface area contributed by atoms with E-state index in [2.05, 4.69) is 0 Å². The number of nitrogens with zero attached hydrogens (tertiary/aromatic N) is 2. The fourth-order valence-electron chi connectivity index (χ4n) is 2.27. The van der Waals surface area contributed by atoms with Crippen molar-refractivity contribution in [2.24, 2.45) is 0 Å². The van der Waals surface area contributed by atoms with E-state index in [-0.39, 0.29) is 0 Å². The number of rotatable bonds is 2. The van der Waals surface area contributed by atoms with Crippen LogP contribution in [-0.2, 0) is 21.9 Å². The minimum absolute atomic E-state index is 0.304. The van der Waals surface area contributed by atoms with Crippen LogP contribution in [0.1, 0.15) is 26.3 Å². The number of carbonyl (C=O) groups excluding carboxylic acids is 1. The molecule has 1 aromatic rings. The summed E-state index contributed by atoms with van der Waals surface area (Å²) >= 11 is 0. The summed E-state index contributed by atoms with van der Waals surface area (Å²) in [4.78, 5) is 13.8. The van der Waals surface area contributed by atoms with Gasteiger partial charge in [-0.15, -0.1) is 0 Å². The fourth-order valence-corrected chi connectivity index (χ4v) is 3.43. The maximum absolute atomic E-state index is 12.6. The van der Waals surface area contributed by atoms with Crippen molar-refractivity contribution < 1.29 is 26.9 Å². The number of carbonyl (C=O) groups is 1. The van der Waals surface area contributed by atoms with Gasteiger partial charge in [-0.3, -0.25) is 0 Å². The summed E-state index contributed by atoms with van der Waals surface area (Å²) in [6.07, 6.45) is -4.84. The summed E-state index contributed by atoms with van der Waals surface area (Å²) in [7, 11) is -1.56. The Morgan fingerprint density at radius 1 is 1.04 bits per heavy atom. The van der Waals surface area contributed by atoms with Crippen molar-refractivity contribution in [3.8, 4) is 0 Å². The van der Waals surface area contributed by atoms with Gasteiger partial charge in [-0.25, -0.2) is 13.3 Å². The lowest BCUT2D eigenvalue weighted by molar-refractivity contribution is -0.137. The van der Waals surface area contributed by atoms with E-state index in [1.807, 2.05) is 0 Å². The summed E-state index contributed by atoms with van der Waals surface area (Å²) in [5.74, 6) is 0. The third-order valence-corrected chi connectivity index (χ3v) is 5.02. The zero-order chi connectivity index (χ0) is 18.8. The van der Waals surface area contributed by atoms with Crippen molar-refractivity contribution in [3.05, 3.63) is 29.8 Å². The summed E-state index contributed by atoms with van der Waals surface area (Å²) in [5.41, 5.74) is -1.36. The van der Waals surface area contributed by atoms with Gasteiger partial charge in [0.05, 0.1) is 10.5 Å². The Balaban J connectivity index is 1.94. The molecule has 0 saturated carbocycles. The summed E-state index contributed by atoms with van der Waals surface area (Å²) in [6.45, 7) is 6.74. The van der Waals surface area contributed by atoms with E-state index in [0.29, 0.717) is 31.1 Å². The number of amides is 1. The quantitative estimate of drug-likeness (QED) is 0.794. The van der Waals surface area contributed by atoms with E-state index in [1.54, 1.807) is 25.1 Å². The second-order valence-corrected chi connectivity index (χ2v) is 8.15. The SMILES string of the molecule is CC(C)(C)OC(=O)N1CCN(S(=O)c2ccc(C(F)(F)F)cc2)CC1. The third-order valence-electron chi connectivity index (χ3n) is 3.51. The van der Waals surface area contributed by atoms with Crippen LogP contribution in [0.25, 0.3) is 0 Å². The Kier molecular flexibility index (Phi) is 5.78. The average Bonchev–Trinajstić information content (AvgIpc) is 2.52. The predicted molar refractivity (Wildman–Crippen MR) is 87.2 cm³/mol. The molecule has 2 rings (SSSR count). The molecule has 1 saturated heterocycles. The van der Waals surface area contributed by atoms with Crippen molar-refractivity contribution in [3.63, 3.8) is 0 Å². The second-order valence-electron chi connectivity index (χ2n) is 6.67. The minimum atomic E-state index is -4.42. The maximum Gasteiger partial charge on any atom is 0.416 e. The van der Waals surface area contributed by atoms with Crippen molar-refractivity contribution in [2.45, 2.75) is 37.4 Å². The van der Waals surface area contributed by atoms with Crippen LogP contribution < -0.4 is 0 Å². The molecule has 0 aliphatic carbocycles. The molecule has 0 spiro atoms. The number of alkyl halides is 3. The zero-order valence-electron chi connectivity index (χ0n) is 14.3. The third kappa shape index (κ3) is 5.43. The summed E-state index contributed by atoms with van der Waals surface area (Å²) < 4.78 is 57.1. The molecule has 140 valence electrons. The molecular formula is C16H21F3N2O3S. The van der Waals surface area contributed by atoms with Crippen molar-refractivity contribution >= 4 is 17.1 Å². The van der Waals surface area contributed by atoms with E-state index in [1.165, 1.54) is 17.0 Å². The molecule has 9 heteroatoms. The fraction of sp³-hybridized carbons (Fsp3) is 0.562. The van der Waals surface area contributed by atoms with Crippen LogP contribution in [0, 0.1) is 0 Å². The summed E-state index contributed by atoms with van der Waals surface area (Å²) in [6, 6.07) is 4.28. The monoisotopic (exact) mass is 378 g/mol. The van der Waals surface area contributed by atoms with Gasteiger partial charge in [-0.2, -0.15) is 13.2 Å². The van der Waals surface area contributed by atoms with Crippen LogP contribution in [-0.4, -0.2) is 51.3 Å². The first-order valence-electron chi connectivity index (χ1n) is 7.79. The molecule has 1 aromatic carbocycles. The Morgan fingerprint density at radius 2 is 1.56 bits per heavy atom. The van der Waals surface area contributed by atoms with Gasteiger partial charge in [0, 0.05) is 26.2 Å². The highest BCUT2D eigenvalue weighted by Crippen LogP contribution is 2.29. The predicted octanol–water partition coefficient (Wildman–Crippen LogP) is 3.28. The van der Waals surface area contributed by atoms with Crippen LogP contribution in [0.4, 0.5) is 18.0 Å². The highest BCUT2D eigenvalue weighted by molar-refractivity contribution is 7.82. The number of halogens is 3. The molecule has 0 bridgehead atoms. The van der Waals surface area contributed by atoms with Crippen LogP contribution >= 0.6 is 0 Å². The van der Waals surface area contributed by atoms with Gasteiger partial charge in [-0.1, -0.05) is 0 Å². The van der Waals surface area contributed by atoms with E-state index in [0.717, 1.165) is 12.1 Å². The van der Waals surface area contributed by atoms with Crippen molar-refractivity contribution in [1.82, 2.24) is 9.21 Å². The first-order chi connectivity index (χ1) is 11.5. The lowest BCUT2D eigenvalue weighted by atomic mass is 10.2. The van der Waals surface area contributed by atoms with Gasteiger partial charge in [0.15, 0.2) is 0 Å².